The van der Waals surface area contributed by atoms with E-state index in [4.69, 9.17) is 0 Å². The lowest BCUT2D eigenvalue weighted by atomic mass is 10.0. The summed E-state index contributed by atoms with van der Waals surface area (Å²) in [5.74, 6) is 0. The van der Waals surface area contributed by atoms with Crippen LogP contribution in [-0.4, -0.2) is 35.6 Å². The minimum atomic E-state index is 0.818. The van der Waals surface area contributed by atoms with Crippen molar-refractivity contribution in [3.63, 3.8) is 0 Å². The number of pyridine rings is 1. The van der Waals surface area contributed by atoms with Crippen LogP contribution < -0.4 is 5.32 Å². The Balaban J connectivity index is 1.65. The van der Waals surface area contributed by atoms with Gasteiger partial charge in [-0.25, -0.2) is 0 Å². The summed E-state index contributed by atoms with van der Waals surface area (Å²) < 4.78 is 0. The average molecular weight is 247 g/mol. The van der Waals surface area contributed by atoms with Gasteiger partial charge in [0.05, 0.1) is 0 Å². The first-order chi connectivity index (χ1) is 8.90. The fraction of sp³-hybridized carbons (Fsp3) is 0.667. The van der Waals surface area contributed by atoms with Gasteiger partial charge in [-0.3, -0.25) is 9.88 Å². The van der Waals surface area contributed by atoms with E-state index in [0.29, 0.717) is 0 Å². The van der Waals surface area contributed by atoms with Crippen LogP contribution in [0.4, 0.5) is 0 Å². The minimum absolute atomic E-state index is 0.818. The first kappa shape index (κ1) is 13.5. The van der Waals surface area contributed by atoms with Gasteiger partial charge < -0.3 is 5.32 Å². The van der Waals surface area contributed by atoms with E-state index in [0.717, 1.165) is 19.1 Å². The normalized spacial score (nSPS) is 21.1. The number of hydrogen-bond acceptors (Lipinski definition) is 3. The Morgan fingerprint density at radius 2 is 2.39 bits per heavy atom. The van der Waals surface area contributed by atoms with E-state index < -0.39 is 0 Å². The van der Waals surface area contributed by atoms with E-state index in [9.17, 15) is 0 Å². The third-order valence-corrected chi connectivity index (χ3v) is 3.85. The van der Waals surface area contributed by atoms with Crippen LogP contribution >= 0.6 is 0 Å². The molecule has 0 amide bonds. The lowest BCUT2D eigenvalue weighted by Crippen LogP contribution is -2.42. The number of likely N-dealkylation sites (tertiary alicyclic amines) is 1. The maximum Gasteiger partial charge on any atom is 0.0312 e. The molecule has 0 radical (unpaired) electrons. The van der Waals surface area contributed by atoms with Crippen molar-refractivity contribution in [1.29, 1.82) is 0 Å². The molecule has 0 aliphatic carbocycles. The second-order valence-electron chi connectivity index (χ2n) is 5.13. The van der Waals surface area contributed by atoms with Crippen molar-refractivity contribution in [2.75, 3.05) is 19.6 Å². The predicted octanol–water partition coefficient (Wildman–Crippen LogP) is 2.44. The molecule has 1 saturated heterocycles. The molecule has 1 unspecified atom stereocenters. The van der Waals surface area contributed by atoms with Gasteiger partial charge in [0, 0.05) is 38.1 Å². The number of aromatic nitrogens is 1. The van der Waals surface area contributed by atoms with Crippen LogP contribution in [0.25, 0.3) is 0 Å². The summed E-state index contributed by atoms with van der Waals surface area (Å²) in [6, 6.07) is 4.93. The van der Waals surface area contributed by atoms with Gasteiger partial charge >= 0.3 is 0 Å². The highest BCUT2D eigenvalue weighted by molar-refractivity contribution is 5.07. The Morgan fingerprint density at radius 3 is 3.17 bits per heavy atom. The van der Waals surface area contributed by atoms with Crippen molar-refractivity contribution >= 4 is 0 Å². The molecule has 0 aromatic carbocycles. The maximum absolute atomic E-state index is 4.13. The second kappa shape index (κ2) is 7.49. The van der Waals surface area contributed by atoms with Gasteiger partial charge in [-0.2, -0.15) is 0 Å². The van der Waals surface area contributed by atoms with Crippen LogP contribution in [0.5, 0.6) is 0 Å². The van der Waals surface area contributed by atoms with Gasteiger partial charge in [-0.15, -0.1) is 0 Å². The Labute approximate surface area is 111 Å². The van der Waals surface area contributed by atoms with Crippen LogP contribution in [0.3, 0.4) is 0 Å². The van der Waals surface area contributed by atoms with Gasteiger partial charge in [0.15, 0.2) is 0 Å². The summed E-state index contributed by atoms with van der Waals surface area (Å²) >= 11 is 0. The van der Waals surface area contributed by atoms with Crippen molar-refractivity contribution in [2.24, 2.45) is 0 Å². The van der Waals surface area contributed by atoms with E-state index in [1.165, 1.54) is 44.3 Å². The molecule has 2 rings (SSSR count). The summed E-state index contributed by atoms with van der Waals surface area (Å²) in [4.78, 5) is 6.78. The minimum Gasteiger partial charge on any atom is -0.311 e. The van der Waals surface area contributed by atoms with Crippen LogP contribution in [-0.2, 0) is 6.54 Å². The SMILES string of the molecule is CCC1CCCCN1CCNCc1cccnc1. The van der Waals surface area contributed by atoms with E-state index in [-0.39, 0.29) is 0 Å². The zero-order valence-corrected chi connectivity index (χ0v) is 11.4. The Kier molecular flexibility index (Phi) is 5.62. The lowest BCUT2D eigenvalue weighted by Gasteiger charge is -2.35. The molecule has 0 saturated carbocycles. The third kappa shape index (κ3) is 4.07. The molecule has 1 fully saturated rings. The number of hydrogen-bond donors (Lipinski definition) is 1. The molecule has 3 nitrogen and oxygen atoms in total. The van der Waals surface area contributed by atoms with Crippen LogP contribution in [0, 0.1) is 0 Å². The molecule has 2 heterocycles. The summed E-state index contributed by atoms with van der Waals surface area (Å²) in [6.45, 7) is 6.78. The van der Waals surface area contributed by atoms with Crippen molar-refractivity contribution < 1.29 is 0 Å². The highest BCUT2D eigenvalue weighted by Crippen LogP contribution is 2.18. The smallest absolute Gasteiger partial charge is 0.0312 e. The number of nitrogens with one attached hydrogen (secondary N) is 1. The molecule has 1 N–H and O–H groups in total. The third-order valence-electron chi connectivity index (χ3n) is 3.85. The predicted molar refractivity (Wildman–Crippen MR) is 75.4 cm³/mol. The zero-order chi connectivity index (χ0) is 12.6. The van der Waals surface area contributed by atoms with Crippen LogP contribution in [0.2, 0.25) is 0 Å². The first-order valence-electron chi connectivity index (χ1n) is 7.24. The Bertz CT molecular complexity index is 326. The fourth-order valence-electron chi connectivity index (χ4n) is 2.77. The van der Waals surface area contributed by atoms with E-state index in [1.54, 1.807) is 0 Å². The monoisotopic (exact) mass is 247 g/mol. The highest BCUT2D eigenvalue weighted by Gasteiger charge is 2.19. The molecule has 1 aromatic heterocycles. The number of nitrogens with zero attached hydrogens (tertiary/aromatic N) is 2. The molecule has 18 heavy (non-hydrogen) atoms. The molecular weight excluding hydrogens is 222 g/mol. The standard InChI is InChI=1S/C15H25N3/c1-2-15-7-3-4-10-18(15)11-9-17-13-14-6-5-8-16-12-14/h5-6,8,12,15,17H,2-4,7,9-11,13H2,1H3. The highest BCUT2D eigenvalue weighted by atomic mass is 15.2. The molecule has 3 heteroatoms. The molecule has 1 aliphatic heterocycles. The Morgan fingerprint density at radius 1 is 1.44 bits per heavy atom. The number of rotatable bonds is 6. The lowest BCUT2D eigenvalue weighted by molar-refractivity contribution is 0.145. The van der Waals surface area contributed by atoms with Gasteiger partial charge in [0.2, 0.25) is 0 Å². The van der Waals surface area contributed by atoms with Crippen molar-refractivity contribution in [3.05, 3.63) is 30.1 Å². The largest absolute Gasteiger partial charge is 0.311 e. The molecule has 100 valence electrons. The van der Waals surface area contributed by atoms with E-state index >= 15 is 0 Å². The van der Waals surface area contributed by atoms with Gasteiger partial charge in [0.25, 0.3) is 0 Å². The molecule has 0 bridgehead atoms. The molecular formula is C15H25N3. The maximum atomic E-state index is 4.13. The molecule has 1 aromatic rings. The first-order valence-corrected chi connectivity index (χ1v) is 7.24. The Hall–Kier alpha value is -0.930. The number of piperidine rings is 1. The molecule has 1 atom stereocenters. The quantitative estimate of drug-likeness (QED) is 0.783. The van der Waals surface area contributed by atoms with Crippen LogP contribution in [0.15, 0.2) is 24.5 Å². The summed E-state index contributed by atoms with van der Waals surface area (Å²) in [6.07, 6.45) is 9.23. The summed E-state index contributed by atoms with van der Waals surface area (Å²) in [5, 5.41) is 3.51. The summed E-state index contributed by atoms with van der Waals surface area (Å²) in [7, 11) is 0. The van der Waals surface area contributed by atoms with Crippen LogP contribution in [0.1, 0.15) is 38.2 Å². The topological polar surface area (TPSA) is 28.2 Å². The van der Waals surface area contributed by atoms with Gasteiger partial charge in [-0.1, -0.05) is 19.4 Å². The van der Waals surface area contributed by atoms with Gasteiger partial charge in [0.1, 0.15) is 0 Å². The molecule has 0 spiro atoms. The van der Waals surface area contributed by atoms with E-state index in [2.05, 4.69) is 28.2 Å². The van der Waals surface area contributed by atoms with Crippen molar-refractivity contribution in [3.8, 4) is 0 Å². The fourth-order valence-corrected chi connectivity index (χ4v) is 2.77. The second-order valence-corrected chi connectivity index (χ2v) is 5.13. The van der Waals surface area contributed by atoms with Gasteiger partial charge in [-0.05, 0) is 37.4 Å². The van der Waals surface area contributed by atoms with Crippen molar-refractivity contribution in [1.82, 2.24) is 15.2 Å². The molecule has 1 aliphatic rings. The summed E-state index contributed by atoms with van der Waals surface area (Å²) in [5.41, 5.74) is 1.27. The average Bonchev–Trinajstić information content (AvgIpc) is 2.45. The van der Waals surface area contributed by atoms with Crippen molar-refractivity contribution in [2.45, 2.75) is 45.2 Å². The van der Waals surface area contributed by atoms with E-state index in [1.807, 2.05) is 18.5 Å². The zero-order valence-electron chi connectivity index (χ0n) is 11.4.